The average molecular weight is 240 g/mol. The molecule has 0 radical (unpaired) electrons. The molecule has 0 heterocycles. The molecule has 0 bridgehead atoms. The lowest BCUT2D eigenvalue weighted by Crippen LogP contribution is -2.33. The Hall–Kier alpha value is -1.62. The highest BCUT2D eigenvalue weighted by Crippen LogP contribution is 2.22. The van der Waals surface area contributed by atoms with Crippen molar-refractivity contribution in [3.8, 4) is 5.75 Å². The average Bonchev–Trinajstić information content (AvgIpc) is 2.29. The number of halogens is 1. The molecule has 0 aliphatic heterocycles. The normalized spacial score (nSPS) is 12.0. The van der Waals surface area contributed by atoms with Crippen LogP contribution in [-0.2, 0) is 4.79 Å². The zero-order chi connectivity index (χ0) is 12.8. The van der Waals surface area contributed by atoms with Gasteiger partial charge in [0.15, 0.2) is 11.6 Å². The molecule has 1 aromatic carbocycles. The van der Waals surface area contributed by atoms with Gasteiger partial charge in [-0.2, -0.15) is 0 Å². The van der Waals surface area contributed by atoms with Crippen molar-refractivity contribution in [2.75, 3.05) is 20.7 Å². The van der Waals surface area contributed by atoms with Crippen molar-refractivity contribution in [2.24, 2.45) is 0 Å². The first-order valence-corrected chi connectivity index (χ1v) is 5.36. The molecule has 1 atom stereocenters. The Labute approximate surface area is 100 Å². The summed E-state index contributed by atoms with van der Waals surface area (Å²) < 4.78 is 18.1. The Kier molecular flexibility index (Phi) is 4.90. The van der Waals surface area contributed by atoms with Crippen LogP contribution in [0.2, 0.25) is 0 Å². The number of ether oxygens (including phenoxy) is 1. The second-order valence-corrected chi connectivity index (χ2v) is 3.71. The summed E-state index contributed by atoms with van der Waals surface area (Å²) in [7, 11) is 3.11. The van der Waals surface area contributed by atoms with E-state index in [9.17, 15) is 9.18 Å². The molecular formula is C12H17FN2O2. The quantitative estimate of drug-likeness (QED) is 0.814. The molecule has 94 valence electrons. The lowest BCUT2D eigenvalue weighted by Gasteiger charge is -2.15. The van der Waals surface area contributed by atoms with Crippen LogP contribution in [0, 0.1) is 5.82 Å². The Morgan fingerprint density at radius 2 is 2.24 bits per heavy atom. The molecule has 1 amide bonds. The van der Waals surface area contributed by atoms with Crippen molar-refractivity contribution in [3.05, 3.63) is 29.6 Å². The first-order chi connectivity index (χ1) is 8.08. The summed E-state index contributed by atoms with van der Waals surface area (Å²) in [5, 5.41) is 5.55. The SMILES string of the molecule is CNCC(=O)N[C@@H](C)c1ccc(F)c(OC)c1. The topological polar surface area (TPSA) is 50.4 Å². The Bertz CT molecular complexity index is 396. The minimum atomic E-state index is -0.412. The van der Waals surface area contributed by atoms with E-state index in [0.29, 0.717) is 0 Å². The van der Waals surface area contributed by atoms with E-state index in [1.165, 1.54) is 13.2 Å². The van der Waals surface area contributed by atoms with Gasteiger partial charge in [0, 0.05) is 0 Å². The van der Waals surface area contributed by atoms with Crippen LogP contribution in [0.5, 0.6) is 5.75 Å². The summed E-state index contributed by atoms with van der Waals surface area (Å²) in [5.74, 6) is -0.342. The van der Waals surface area contributed by atoms with Crippen LogP contribution >= 0.6 is 0 Å². The summed E-state index contributed by atoms with van der Waals surface area (Å²) in [6.07, 6.45) is 0. The Morgan fingerprint density at radius 1 is 1.53 bits per heavy atom. The number of benzene rings is 1. The van der Waals surface area contributed by atoms with Crippen molar-refractivity contribution in [1.29, 1.82) is 0 Å². The van der Waals surface area contributed by atoms with Crippen LogP contribution in [0.4, 0.5) is 4.39 Å². The van der Waals surface area contributed by atoms with Crippen LogP contribution in [0.3, 0.4) is 0 Å². The van der Waals surface area contributed by atoms with E-state index in [2.05, 4.69) is 10.6 Å². The van der Waals surface area contributed by atoms with E-state index in [1.807, 2.05) is 6.92 Å². The molecule has 0 spiro atoms. The number of nitrogens with one attached hydrogen (secondary N) is 2. The van der Waals surface area contributed by atoms with Crippen LogP contribution in [0.15, 0.2) is 18.2 Å². The van der Waals surface area contributed by atoms with E-state index in [0.717, 1.165) is 5.56 Å². The van der Waals surface area contributed by atoms with Gasteiger partial charge in [-0.05, 0) is 31.7 Å². The number of carbonyl (C=O) groups is 1. The zero-order valence-corrected chi connectivity index (χ0v) is 10.2. The van der Waals surface area contributed by atoms with E-state index in [4.69, 9.17) is 4.74 Å². The number of hydrogen-bond acceptors (Lipinski definition) is 3. The molecule has 0 saturated carbocycles. The summed E-state index contributed by atoms with van der Waals surface area (Å²) >= 11 is 0. The molecule has 0 fully saturated rings. The van der Waals surface area contributed by atoms with E-state index in [1.54, 1.807) is 19.2 Å². The molecule has 0 saturated heterocycles. The Balaban J connectivity index is 2.75. The van der Waals surface area contributed by atoms with Crippen LogP contribution in [-0.4, -0.2) is 26.6 Å². The van der Waals surface area contributed by atoms with Gasteiger partial charge >= 0.3 is 0 Å². The molecule has 0 aliphatic carbocycles. The predicted molar refractivity (Wildman–Crippen MR) is 63.4 cm³/mol. The second-order valence-electron chi connectivity index (χ2n) is 3.71. The van der Waals surface area contributed by atoms with E-state index < -0.39 is 5.82 Å². The zero-order valence-electron chi connectivity index (χ0n) is 10.2. The maximum Gasteiger partial charge on any atom is 0.234 e. The lowest BCUT2D eigenvalue weighted by atomic mass is 10.1. The van der Waals surface area contributed by atoms with Crippen molar-refractivity contribution in [3.63, 3.8) is 0 Å². The smallest absolute Gasteiger partial charge is 0.234 e. The molecule has 2 N–H and O–H groups in total. The third kappa shape index (κ3) is 3.71. The van der Waals surface area contributed by atoms with Crippen LogP contribution < -0.4 is 15.4 Å². The van der Waals surface area contributed by atoms with Crippen molar-refractivity contribution in [2.45, 2.75) is 13.0 Å². The second kappa shape index (κ2) is 6.20. The third-order valence-electron chi connectivity index (χ3n) is 2.39. The lowest BCUT2D eigenvalue weighted by molar-refractivity contribution is -0.120. The third-order valence-corrected chi connectivity index (χ3v) is 2.39. The van der Waals surface area contributed by atoms with E-state index in [-0.39, 0.29) is 24.2 Å². The fraction of sp³-hybridized carbons (Fsp3) is 0.417. The number of hydrogen-bond donors (Lipinski definition) is 2. The standard InChI is InChI=1S/C12H17FN2O2/c1-8(15-12(16)7-14-2)9-4-5-10(13)11(6-9)17-3/h4-6,8,14H,7H2,1-3H3,(H,15,16)/t8-/m0/s1. The van der Waals surface area contributed by atoms with Gasteiger partial charge in [0.05, 0.1) is 19.7 Å². The molecule has 17 heavy (non-hydrogen) atoms. The molecule has 5 heteroatoms. The fourth-order valence-corrected chi connectivity index (χ4v) is 1.48. The highest BCUT2D eigenvalue weighted by Gasteiger charge is 2.11. The van der Waals surface area contributed by atoms with Gasteiger partial charge in [0.25, 0.3) is 0 Å². The summed E-state index contributed by atoms with van der Waals surface area (Å²) in [5.41, 5.74) is 0.799. The highest BCUT2D eigenvalue weighted by atomic mass is 19.1. The summed E-state index contributed by atoms with van der Waals surface area (Å²) in [6.45, 7) is 2.09. The monoisotopic (exact) mass is 240 g/mol. The van der Waals surface area contributed by atoms with Crippen LogP contribution in [0.25, 0.3) is 0 Å². The first-order valence-electron chi connectivity index (χ1n) is 5.36. The molecule has 0 aromatic heterocycles. The minimum absolute atomic E-state index is 0.108. The maximum atomic E-state index is 13.2. The largest absolute Gasteiger partial charge is 0.494 e. The Morgan fingerprint density at radius 3 is 2.82 bits per heavy atom. The number of amides is 1. The molecule has 0 unspecified atom stereocenters. The summed E-state index contributed by atoms with van der Waals surface area (Å²) in [4.78, 5) is 11.4. The van der Waals surface area contributed by atoms with Gasteiger partial charge in [0.1, 0.15) is 0 Å². The number of carbonyl (C=O) groups excluding carboxylic acids is 1. The molecule has 1 aromatic rings. The van der Waals surface area contributed by atoms with Crippen molar-refractivity contribution in [1.82, 2.24) is 10.6 Å². The van der Waals surface area contributed by atoms with Gasteiger partial charge in [-0.15, -0.1) is 0 Å². The van der Waals surface area contributed by atoms with Crippen molar-refractivity contribution < 1.29 is 13.9 Å². The summed E-state index contributed by atoms with van der Waals surface area (Å²) in [6, 6.07) is 4.35. The number of likely N-dealkylation sites (N-methyl/N-ethyl adjacent to an activating group) is 1. The molecular weight excluding hydrogens is 223 g/mol. The van der Waals surface area contributed by atoms with Crippen LogP contribution in [0.1, 0.15) is 18.5 Å². The van der Waals surface area contributed by atoms with Gasteiger partial charge in [-0.3, -0.25) is 4.79 Å². The number of methoxy groups -OCH3 is 1. The van der Waals surface area contributed by atoms with Crippen molar-refractivity contribution >= 4 is 5.91 Å². The van der Waals surface area contributed by atoms with E-state index >= 15 is 0 Å². The highest BCUT2D eigenvalue weighted by molar-refractivity contribution is 5.78. The van der Waals surface area contributed by atoms with Gasteiger partial charge < -0.3 is 15.4 Å². The van der Waals surface area contributed by atoms with Gasteiger partial charge in [-0.1, -0.05) is 6.07 Å². The molecule has 4 nitrogen and oxygen atoms in total. The van der Waals surface area contributed by atoms with Gasteiger partial charge in [-0.25, -0.2) is 4.39 Å². The molecule has 0 aliphatic rings. The fourth-order valence-electron chi connectivity index (χ4n) is 1.48. The minimum Gasteiger partial charge on any atom is -0.494 e. The maximum absolute atomic E-state index is 13.2. The predicted octanol–water partition coefficient (Wildman–Crippen LogP) is 1.23. The first kappa shape index (κ1) is 13.4. The molecule has 1 rings (SSSR count). The van der Waals surface area contributed by atoms with Gasteiger partial charge in [0.2, 0.25) is 5.91 Å². The number of rotatable bonds is 5.